The molecule has 0 radical (unpaired) electrons. The van der Waals surface area contributed by atoms with Gasteiger partial charge in [0.1, 0.15) is 12.1 Å². The van der Waals surface area contributed by atoms with Gasteiger partial charge in [-0.25, -0.2) is 4.79 Å². The first-order chi connectivity index (χ1) is 9.71. The van der Waals surface area contributed by atoms with Crippen LogP contribution in [0.2, 0.25) is 0 Å². The lowest BCUT2D eigenvalue weighted by molar-refractivity contribution is -0.147. The monoisotopic (exact) mass is 293 g/mol. The average Bonchev–Trinajstić information content (AvgIpc) is 2.41. The number of rotatable bonds is 6. The van der Waals surface area contributed by atoms with Gasteiger partial charge in [-0.15, -0.1) is 0 Å². The zero-order valence-corrected chi connectivity index (χ0v) is 12.9. The summed E-state index contributed by atoms with van der Waals surface area (Å²) in [7, 11) is 0. The molecule has 1 unspecified atom stereocenters. The van der Waals surface area contributed by atoms with Gasteiger partial charge in [0, 0.05) is 0 Å². The predicted octanol–water partition coefficient (Wildman–Crippen LogP) is 2.21. The molecule has 5 nitrogen and oxygen atoms in total. The molecule has 0 saturated carbocycles. The molecule has 2 atom stereocenters. The van der Waals surface area contributed by atoms with Crippen LogP contribution < -0.4 is 5.32 Å². The second kappa shape index (κ2) is 7.22. The minimum Gasteiger partial charge on any atom is -0.480 e. The SMILES string of the molecule is CC(OCc1ccccc1)C(=O)N[C@H](C(=O)O)C(C)(C)C. The summed E-state index contributed by atoms with van der Waals surface area (Å²) in [5.74, 6) is -1.47. The van der Waals surface area contributed by atoms with Crippen LogP contribution in [0.3, 0.4) is 0 Å². The van der Waals surface area contributed by atoms with Gasteiger partial charge in [-0.05, 0) is 17.9 Å². The molecule has 0 aromatic heterocycles. The third-order valence-corrected chi connectivity index (χ3v) is 3.11. The van der Waals surface area contributed by atoms with Gasteiger partial charge in [-0.3, -0.25) is 4.79 Å². The first kappa shape index (κ1) is 17.2. The lowest BCUT2D eigenvalue weighted by atomic mass is 9.86. The Morgan fingerprint density at radius 1 is 1.24 bits per heavy atom. The number of amides is 1. The van der Waals surface area contributed by atoms with Crippen LogP contribution in [0.15, 0.2) is 30.3 Å². The third kappa shape index (κ3) is 5.55. The molecule has 0 fully saturated rings. The molecule has 0 aliphatic heterocycles. The Morgan fingerprint density at radius 3 is 2.29 bits per heavy atom. The van der Waals surface area contributed by atoms with Gasteiger partial charge < -0.3 is 15.2 Å². The van der Waals surface area contributed by atoms with Crippen LogP contribution in [0.25, 0.3) is 0 Å². The van der Waals surface area contributed by atoms with Crippen LogP contribution in [0.4, 0.5) is 0 Å². The Bertz CT molecular complexity index is 479. The topological polar surface area (TPSA) is 75.6 Å². The van der Waals surface area contributed by atoms with E-state index in [9.17, 15) is 14.7 Å². The predicted molar refractivity (Wildman–Crippen MR) is 79.7 cm³/mol. The van der Waals surface area contributed by atoms with E-state index in [0.29, 0.717) is 6.61 Å². The number of carbonyl (C=O) groups is 2. The van der Waals surface area contributed by atoms with Gasteiger partial charge in [0.15, 0.2) is 0 Å². The van der Waals surface area contributed by atoms with Crippen LogP contribution in [-0.4, -0.2) is 29.1 Å². The molecule has 1 aromatic carbocycles. The summed E-state index contributed by atoms with van der Waals surface area (Å²) in [4.78, 5) is 23.3. The molecule has 21 heavy (non-hydrogen) atoms. The van der Waals surface area contributed by atoms with Crippen LogP contribution in [0.1, 0.15) is 33.3 Å². The third-order valence-electron chi connectivity index (χ3n) is 3.11. The highest BCUT2D eigenvalue weighted by Crippen LogP contribution is 2.19. The Kier molecular flexibility index (Phi) is 5.90. The molecule has 2 N–H and O–H groups in total. The van der Waals surface area contributed by atoms with Gasteiger partial charge in [0.2, 0.25) is 5.91 Å². The lowest BCUT2D eigenvalue weighted by Crippen LogP contribution is -2.51. The van der Waals surface area contributed by atoms with Gasteiger partial charge in [0.05, 0.1) is 6.61 Å². The normalized spacial score (nSPS) is 14.3. The minimum absolute atomic E-state index is 0.308. The van der Waals surface area contributed by atoms with Crippen molar-refractivity contribution in [3.63, 3.8) is 0 Å². The van der Waals surface area contributed by atoms with Crippen molar-refractivity contribution in [2.75, 3.05) is 0 Å². The van der Waals surface area contributed by atoms with Gasteiger partial charge in [-0.1, -0.05) is 51.1 Å². The van der Waals surface area contributed by atoms with Crippen molar-refractivity contribution in [2.45, 2.75) is 46.4 Å². The van der Waals surface area contributed by atoms with E-state index < -0.39 is 29.4 Å². The highest BCUT2D eigenvalue weighted by atomic mass is 16.5. The van der Waals surface area contributed by atoms with E-state index in [2.05, 4.69) is 5.32 Å². The highest BCUT2D eigenvalue weighted by molar-refractivity contribution is 5.86. The molecular weight excluding hydrogens is 270 g/mol. The van der Waals surface area contributed by atoms with Crippen LogP contribution in [-0.2, 0) is 20.9 Å². The molecule has 0 saturated heterocycles. The van der Waals surface area contributed by atoms with Crippen LogP contribution in [0.5, 0.6) is 0 Å². The second-order valence-corrected chi connectivity index (χ2v) is 6.08. The Hall–Kier alpha value is -1.88. The quantitative estimate of drug-likeness (QED) is 0.843. The average molecular weight is 293 g/mol. The van der Waals surface area contributed by atoms with Gasteiger partial charge >= 0.3 is 5.97 Å². The van der Waals surface area contributed by atoms with E-state index in [4.69, 9.17) is 4.74 Å². The van der Waals surface area contributed by atoms with Crippen LogP contribution >= 0.6 is 0 Å². The van der Waals surface area contributed by atoms with Crippen molar-refractivity contribution in [2.24, 2.45) is 5.41 Å². The first-order valence-corrected chi connectivity index (χ1v) is 6.90. The number of aliphatic carboxylic acids is 1. The number of carbonyl (C=O) groups excluding carboxylic acids is 1. The second-order valence-electron chi connectivity index (χ2n) is 6.08. The molecule has 1 amide bonds. The number of benzene rings is 1. The fourth-order valence-electron chi connectivity index (χ4n) is 1.78. The number of hydrogen-bond acceptors (Lipinski definition) is 3. The first-order valence-electron chi connectivity index (χ1n) is 6.90. The molecular formula is C16H23NO4. The number of nitrogens with one attached hydrogen (secondary N) is 1. The largest absolute Gasteiger partial charge is 0.480 e. The Labute approximate surface area is 125 Å². The smallest absolute Gasteiger partial charge is 0.326 e. The van der Waals surface area contributed by atoms with Gasteiger partial charge in [0.25, 0.3) is 0 Å². The number of carboxylic acid groups (broad SMARTS) is 1. The summed E-state index contributed by atoms with van der Waals surface area (Å²) in [6.45, 7) is 7.22. The summed E-state index contributed by atoms with van der Waals surface area (Å²) >= 11 is 0. The van der Waals surface area contributed by atoms with Crippen molar-refractivity contribution < 1.29 is 19.4 Å². The summed E-state index contributed by atoms with van der Waals surface area (Å²) < 4.78 is 5.48. The van der Waals surface area contributed by atoms with Crippen molar-refractivity contribution in [1.82, 2.24) is 5.32 Å². The molecule has 1 rings (SSSR count). The van der Waals surface area contributed by atoms with E-state index in [1.165, 1.54) is 0 Å². The maximum atomic E-state index is 12.0. The molecule has 0 spiro atoms. The molecule has 116 valence electrons. The Balaban J connectivity index is 2.56. The van der Waals surface area contributed by atoms with Gasteiger partial charge in [-0.2, -0.15) is 0 Å². The van der Waals surface area contributed by atoms with Crippen LogP contribution in [0, 0.1) is 5.41 Å². The molecule has 0 aliphatic carbocycles. The zero-order valence-electron chi connectivity index (χ0n) is 12.9. The molecule has 1 aromatic rings. The van der Waals surface area contributed by atoms with Crippen molar-refractivity contribution in [3.05, 3.63) is 35.9 Å². The van der Waals surface area contributed by atoms with E-state index in [1.807, 2.05) is 30.3 Å². The maximum absolute atomic E-state index is 12.0. The molecule has 0 heterocycles. The van der Waals surface area contributed by atoms with E-state index in [1.54, 1.807) is 27.7 Å². The minimum atomic E-state index is -1.05. The fraction of sp³-hybridized carbons (Fsp3) is 0.500. The van der Waals surface area contributed by atoms with E-state index in [-0.39, 0.29) is 0 Å². The maximum Gasteiger partial charge on any atom is 0.326 e. The standard InChI is InChI=1S/C16H23NO4/c1-11(21-10-12-8-6-5-7-9-12)14(18)17-13(15(19)20)16(2,3)4/h5-9,11,13H,10H2,1-4H3,(H,17,18)(H,19,20)/t11?,13-/m1/s1. The highest BCUT2D eigenvalue weighted by Gasteiger charge is 2.33. The summed E-state index contributed by atoms with van der Waals surface area (Å²) in [5, 5.41) is 11.7. The van der Waals surface area contributed by atoms with Crippen molar-refractivity contribution in [1.29, 1.82) is 0 Å². The summed E-state index contributed by atoms with van der Waals surface area (Å²) in [5.41, 5.74) is 0.392. The molecule has 0 bridgehead atoms. The molecule has 5 heteroatoms. The Morgan fingerprint density at radius 2 is 1.81 bits per heavy atom. The molecule has 0 aliphatic rings. The zero-order chi connectivity index (χ0) is 16.0. The van der Waals surface area contributed by atoms with E-state index in [0.717, 1.165) is 5.56 Å². The summed E-state index contributed by atoms with van der Waals surface area (Å²) in [6.07, 6.45) is -0.714. The number of ether oxygens (including phenoxy) is 1. The lowest BCUT2D eigenvalue weighted by Gasteiger charge is -2.28. The fourth-order valence-corrected chi connectivity index (χ4v) is 1.78. The van der Waals surface area contributed by atoms with Crippen molar-refractivity contribution in [3.8, 4) is 0 Å². The van der Waals surface area contributed by atoms with E-state index >= 15 is 0 Å². The van der Waals surface area contributed by atoms with Crippen molar-refractivity contribution >= 4 is 11.9 Å². The summed E-state index contributed by atoms with van der Waals surface area (Å²) in [6, 6.07) is 8.54. The number of hydrogen-bond donors (Lipinski definition) is 2. The number of carboxylic acids is 1.